The lowest BCUT2D eigenvalue weighted by atomic mass is 10.1. The summed E-state index contributed by atoms with van der Waals surface area (Å²) < 4.78 is 42.6. The van der Waals surface area contributed by atoms with Crippen molar-refractivity contribution in [1.82, 2.24) is 4.98 Å². The number of carbonyl (C=O) groups is 1. The number of benzene rings is 1. The number of ether oxygens (including phenoxy) is 1. The Balaban J connectivity index is 2.04. The molecule has 0 spiro atoms. The first kappa shape index (κ1) is 18.4. The second-order valence-electron chi connectivity index (χ2n) is 4.52. The number of hydrogen-bond acceptors (Lipinski definition) is 4. The van der Waals surface area contributed by atoms with Crippen molar-refractivity contribution in [2.75, 3.05) is 7.11 Å². The maximum absolute atomic E-state index is 12.5. The van der Waals surface area contributed by atoms with E-state index in [9.17, 15) is 18.0 Å². The Morgan fingerprint density at radius 3 is 2.50 bits per heavy atom. The number of carbonyl (C=O) groups excluding carboxylic acids is 1. The largest absolute Gasteiger partial charge is 0.497 e. The molecule has 0 unspecified atom stereocenters. The zero-order valence-electron chi connectivity index (χ0n) is 12.3. The molecule has 1 aromatic heterocycles. The summed E-state index contributed by atoms with van der Waals surface area (Å²) >= 11 is 6.75. The molecule has 0 aliphatic carbocycles. The van der Waals surface area contributed by atoms with E-state index in [1.165, 1.54) is 18.6 Å². The van der Waals surface area contributed by atoms with Crippen LogP contribution in [0.4, 0.5) is 13.2 Å². The van der Waals surface area contributed by atoms with Gasteiger partial charge in [-0.15, -0.1) is 0 Å². The van der Waals surface area contributed by atoms with Crippen LogP contribution >= 0.6 is 23.4 Å². The molecule has 0 fully saturated rings. The Morgan fingerprint density at radius 1 is 1.29 bits per heavy atom. The molecular weight excluding hydrogens is 363 g/mol. The number of rotatable bonds is 5. The zero-order chi connectivity index (χ0) is 17.7. The van der Waals surface area contributed by atoms with Gasteiger partial charge in [0.2, 0.25) is 0 Å². The lowest BCUT2D eigenvalue weighted by Crippen LogP contribution is -2.05. The molecule has 0 radical (unpaired) electrons. The van der Waals surface area contributed by atoms with Gasteiger partial charge in [-0.25, -0.2) is 4.98 Å². The van der Waals surface area contributed by atoms with Gasteiger partial charge in [-0.2, -0.15) is 13.2 Å². The number of allylic oxidation sites excluding steroid dienone is 1. The average molecular weight is 374 g/mol. The smallest absolute Gasteiger partial charge is 0.417 e. The van der Waals surface area contributed by atoms with Crippen molar-refractivity contribution in [2.45, 2.75) is 11.2 Å². The van der Waals surface area contributed by atoms with Gasteiger partial charge in [0.15, 0.2) is 5.78 Å². The molecular formula is C16H11ClF3NO2S. The van der Waals surface area contributed by atoms with Crippen LogP contribution in [0.25, 0.3) is 0 Å². The zero-order valence-corrected chi connectivity index (χ0v) is 13.9. The fourth-order valence-electron chi connectivity index (χ4n) is 1.68. The van der Waals surface area contributed by atoms with Crippen LogP contribution in [0.3, 0.4) is 0 Å². The number of pyridine rings is 1. The van der Waals surface area contributed by atoms with Crippen molar-refractivity contribution in [1.29, 1.82) is 0 Å². The lowest BCUT2D eigenvalue weighted by Gasteiger charge is -2.07. The number of thioether (sulfide) groups is 1. The predicted molar refractivity (Wildman–Crippen MR) is 86.6 cm³/mol. The van der Waals surface area contributed by atoms with E-state index in [2.05, 4.69) is 4.98 Å². The predicted octanol–water partition coefficient (Wildman–Crippen LogP) is 5.25. The molecule has 1 heterocycles. The van der Waals surface area contributed by atoms with Gasteiger partial charge in [0.1, 0.15) is 10.8 Å². The van der Waals surface area contributed by atoms with Crippen molar-refractivity contribution in [3.63, 3.8) is 0 Å². The topological polar surface area (TPSA) is 39.2 Å². The Labute approximate surface area is 145 Å². The second kappa shape index (κ2) is 7.72. The quantitative estimate of drug-likeness (QED) is 0.407. The number of aromatic nitrogens is 1. The van der Waals surface area contributed by atoms with Crippen LogP contribution in [0.5, 0.6) is 5.75 Å². The highest BCUT2D eigenvalue weighted by molar-refractivity contribution is 8.02. The molecule has 0 atom stereocenters. The Bertz CT molecular complexity index is 761. The molecule has 0 N–H and O–H groups in total. The third-order valence-corrected chi connectivity index (χ3v) is 4.13. The van der Waals surface area contributed by atoms with Gasteiger partial charge < -0.3 is 4.74 Å². The first-order valence-corrected chi connectivity index (χ1v) is 7.81. The molecule has 3 nitrogen and oxygen atoms in total. The van der Waals surface area contributed by atoms with Crippen LogP contribution < -0.4 is 4.74 Å². The number of hydrogen-bond donors (Lipinski definition) is 0. The summed E-state index contributed by atoms with van der Waals surface area (Å²) in [6.45, 7) is 0. The summed E-state index contributed by atoms with van der Waals surface area (Å²) in [6, 6.07) is 7.33. The number of nitrogens with zero attached hydrogens (tertiary/aromatic N) is 1. The van der Waals surface area contributed by atoms with Crippen LogP contribution in [-0.2, 0) is 6.18 Å². The minimum Gasteiger partial charge on any atom is -0.497 e. The SMILES string of the molecule is COc1ccc(C(=O)/C=C/Sc2ncc(C(F)(F)F)cc2Cl)cc1. The molecule has 0 saturated heterocycles. The van der Waals surface area contributed by atoms with Crippen molar-refractivity contribution < 1.29 is 22.7 Å². The summed E-state index contributed by atoms with van der Waals surface area (Å²) in [7, 11) is 1.52. The molecule has 2 aromatic rings. The molecule has 1 aromatic carbocycles. The minimum absolute atomic E-state index is 0.128. The average Bonchev–Trinajstić information content (AvgIpc) is 2.55. The summed E-state index contributed by atoms with van der Waals surface area (Å²) in [5.41, 5.74) is -0.464. The van der Waals surface area contributed by atoms with Gasteiger partial charge in [0.05, 0.1) is 17.7 Å². The van der Waals surface area contributed by atoms with Gasteiger partial charge in [0.25, 0.3) is 0 Å². The molecule has 2 rings (SSSR count). The minimum atomic E-state index is -4.50. The van der Waals surface area contributed by atoms with Crippen LogP contribution in [0.2, 0.25) is 5.02 Å². The fourth-order valence-corrected chi connectivity index (χ4v) is 2.58. The molecule has 0 aliphatic rings. The molecule has 126 valence electrons. The summed E-state index contributed by atoms with van der Waals surface area (Å²) in [5.74, 6) is 0.374. The molecule has 8 heteroatoms. The standard InChI is InChI=1S/C16H11ClF3NO2S/c1-23-12-4-2-10(3-5-12)14(22)6-7-24-15-13(17)8-11(9-21-15)16(18,19)20/h2-9H,1H3/b7-6+. The van der Waals surface area contributed by atoms with Gasteiger partial charge in [-0.1, -0.05) is 23.4 Å². The normalized spacial score (nSPS) is 11.7. The Morgan fingerprint density at radius 2 is 1.96 bits per heavy atom. The van der Waals surface area contributed by atoms with Gasteiger partial charge in [-0.05, 0) is 41.8 Å². The van der Waals surface area contributed by atoms with E-state index in [4.69, 9.17) is 16.3 Å². The molecule has 0 bridgehead atoms. The van der Waals surface area contributed by atoms with Crippen molar-refractivity contribution >= 4 is 29.1 Å². The van der Waals surface area contributed by atoms with Gasteiger partial charge in [-0.3, -0.25) is 4.79 Å². The molecule has 24 heavy (non-hydrogen) atoms. The van der Waals surface area contributed by atoms with Crippen molar-refractivity contribution in [3.05, 3.63) is 64.2 Å². The van der Waals surface area contributed by atoms with Crippen molar-refractivity contribution in [2.24, 2.45) is 0 Å². The highest BCUT2D eigenvalue weighted by Crippen LogP contribution is 2.33. The summed E-state index contributed by atoms with van der Waals surface area (Å²) in [5, 5.41) is 1.48. The van der Waals surface area contributed by atoms with Crippen LogP contribution in [0.1, 0.15) is 15.9 Å². The third-order valence-electron chi connectivity index (χ3n) is 2.91. The van der Waals surface area contributed by atoms with E-state index >= 15 is 0 Å². The third kappa shape index (κ3) is 4.75. The Hall–Kier alpha value is -1.99. The van der Waals surface area contributed by atoms with Gasteiger partial charge >= 0.3 is 6.18 Å². The van der Waals surface area contributed by atoms with Gasteiger partial charge in [0, 0.05) is 11.8 Å². The molecule has 0 aliphatic heterocycles. The number of methoxy groups -OCH3 is 1. The van der Waals surface area contributed by atoms with E-state index in [0.29, 0.717) is 17.5 Å². The van der Waals surface area contributed by atoms with Crippen LogP contribution in [-0.4, -0.2) is 17.9 Å². The van der Waals surface area contributed by atoms with E-state index in [0.717, 1.165) is 17.8 Å². The van der Waals surface area contributed by atoms with Crippen molar-refractivity contribution in [3.8, 4) is 5.75 Å². The maximum atomic E-state index is 12.5. The van der Waals surface area contributed by atoms with E-state index in [-0.39, 0.29) is 15.8 Å². The van der Waals surface area contributed by atoms with E-state index < -0.39 is 11.7 Å². The molecule has 0 amide bonds. The first-order chi connectivity index (χ1) is 11.3. The van der Waals surface area contributed by atoms with E-state index in [1.807, 2.05) is 0 Å². The first-order valence-electron chi connectivity index (χ1n) is 6.55. The van der Waals surface area contributed by atoms with Crippen LogP contribution in [0, 0.1) is 0 Å². The monoisotopic (exact) mass is 373 g/mol. The summed E-state index contributed by atoms with van der Waals surface area (Å²) in [4.78, 5) is 15.6. The highest BCUT2D eigenvalue weighted by Gasteiger charge is 2.31. The summed E-state index contributed by atoms with van der Waals surface area (Å²) in [6.07, 6.45) is -2.50. The molecule has 0 saturated carbocycles. The second-order valence-corrected chi connectivity index (χ2v) is 5.82. The Kier molecular flexibility index (Phi) is 5.90. The number of halogens is 4. The number of alkyl halides is 3. The fraction of sp³-hybridized carbons (Fsp3) is 0.125. The lowest BCUT2D eigenvalue weighted by molar-refractivity contribution is -0.137. The maximum Gasteiger partial charge on any atom is 0.417 e. The number of ketones is 1. The van der Waals surface area contributed by atoms with Crippen LogP contribution in [0.15, 0.2) is 53.0 Å². The van der Waals surface area contributed by atoms with E-state index in [1.54, 1.807) is 24.3 Å². The highest BCUT2D eigenvalue weighted by atomic mass is 35.5.